The summed E-state index contributed by atoms with van der Waals surface area (Å²) in [5.74, 6) is 1.91. The number of nitrogens with zero attached hydrogens (tertiary/aromatic N) is 5. The standard InChI is InChI=1S/C32H31IN6O4S/c33-32(42)18-21(13-16-44-32)17-22(19-34)30(40)37-15-4-5-24(20-37)38-27-12-14-36-29(35)28(27)39(31(38)41)23-8-10-26(11-9-23)43-25-6-2-1-3-7-25/h1-3,6-12,14,17,21,24,42H,4-5,13,15-16,18,20H2,(H2,35,36). The molecule has 1 amide bonds. The van der Waals surface area contributed by atoms with E-state index in [1.54, 1.807) is 56.6 Å². The van der Waals surface area contributed by atoms with Crippen LogP contribution < -0.4 is 16.2 Å². The fourth-order valence-corrected chi connectivity index (χ4v) is 8.27. The number of nitrogen functional groups attached to an aromatic ring is 1. The minimum Gasteiger partial charge on any atom is -0.457 e. The first-order valence-electron chi connectivity index (χ1n) is 14.4. The first kappa shape index (κ1) is 30.2. The third-order valence-corrected chi connectivity index (χ3v) is 10.4. The highest BCUT2D eigenvalue weighted by Gasteiger charge is 2.34. The summed E-state index contributed by atoms with van der Waals surface area (Å²) in [5.41, 5.74) is 7.87. The second kappa shape index (κ2) is 12.7. The van der Waals surface area contributed by atoms with Gasteiger partial charge in [-0.15, -0.1) is 11.8 Å². The molecule has 10 nitrogen and oxygen atoms in total. The van der Waals surface area contributed by atoms with Gasteiger partial charge in [0.05, 0.1) is 17.2 Å². The van der Waals surface area contributed by atoms with Gasteiger partial charge in [-0.2, -0.15) is 5.26 Å². The number of alkyl halides is 1. The van der Waals surface area contributed by atoms with E-state index in [1.807, 2.05) is 52.9 Å². The molecule has 3 unspecified atom stereocenters. The third-order valence-electron chi connectivity index (χ3n) is 8.01. The quantitative estimate of drug-likeness (QED) is 0.117. The number of hydrogen-bond donors (Lipinski definition) is 2. The Labute approximate surface area is 272 Å². The molecule has 3 atom stereocenters. The number of halogens is 1. The summed E-state index contributed by atoms with van der Waals surface area (Å²) in [6, 6.07) is 20.2. The highest BCUT2D eigenvalue weighted by Crippen LogP contribution is 2.43. The van der Waals surface area contributed by atoms with E-state index in [1.165, 1.54) is 11.8 Å². The number of nitrogens with two attached hydrogens (primary N) is 1. The maximum Gasteiger partial charge on any atom is 0.334 e. The lowest BCUT2D eigenvalue weighted by molar-refractivity contribution is -0.128. The Morgan fingerprint density at radius 1 is 1.16 bits per heavy atom. The summed E-state index contributed by atoms with van der Waals surface area (Å²) in [4.78, 5) is 33.6. The molecule has 226 valence electrons. The SMILES string of the molecule is N#CC(=CC1CCSC(O)(I)C1)C(=O)N1CCCC(n2c(=O)n(-c3ccc(Oc4ccccc4)cc3)c3c(N)nccc32)C1. The van der Waals surface area contributed by atoms with E-state index in [9.17, 15) is 20.0 Å². The average molecular weight is 723 g/mol. The van der Waals surface area contributed by atoms with Crippen LogP contribution in [0.1, 0.15) is 31.7 Å². The van der Waals surface area contributed by atoms with Crippen LogP contribution in [0.4, 0.5) is 5.82 Å². The van der Waals surface area contributed by atoms with E-state index in [4.69, 9.17) is 10.5 Å². The van der Waals surface area contributed by atoms with E-state index >= 15 is 0 Å². The molecule has 2 aliphatic heterocycles. The summed E-state index contributed by atoms with van der Waals surface area (Å²) in [6.07, 6.45) is 5.92. The molecule has 0 spiro atoms. The highest BCUT2D eigenvalue weighted by molar-refractivity contribution is 14.1. The Balaban J connectivity index is 1.29. The van der Waals surface area contributed by atoms with Crippen LogP contribution in [0.2, 0.25) is 0 Å². The molecule has 0 aliphatic carbocycles. The van der Waals surface area contributed by atoms with Gasteiger partial charge in [-0.3, -0.25) is 13.9 Å². The molecule has 3 N–H and O–H groups in total. The number of allylic oxidation sites excluding steroid dienone is 1. The molecular weight excluding hydrogens is 691 g/mol. The normalized spacial score (nSPS) is 22.5. The van der Waals surface area contributed by atoms with Crippen LogP contribution in [0.5, 0.6) is 11.5 Å². The number of carbonyl (C=O) groups excluding carboxylic acids is 1. The van der Waals surface area contributed by atoms with Crippen molar-refractivity contribution in [2.45, 2.75) is 34.7 Å². The summed E-state index contributed by atoms with van der Waals surface area (Å²) in [5, 5.41) is 20.4. The number of imidazole rings is 1. The van der Waals surface area contributed by atoms with Crippen molar-refractivity contribution in [3.05, 3.63) is 89.0 Å². The van der Waals surface area contributed by atoms with E-state index < -0.39 is 2.94 Å². The number of piperidine rings is 1. The number of nitriles is 1. The minimum absolute atomic E-state index is 0.0575. The number of rotatable bonds is 6. The number of fused-ring (bicyclic) bond motifs is 1. The van der Waals surface area contributed by atoms with Gasteiger partial charge in [0.1, 0.15) is 34.5 Å². The van der Waals surface area contributed by atoms with E-state index in [2.05, 4.69) is 11.1 Å². The number of pyridine rings is 1. The van der Waals surface area contributed by atoms with Crippen LogP contribution in [0.3, 0.4) is 0 Å². The maximum atomic E-state index is 14.1. The molecule has 6 rings (SSSR count). The fraction of sp³-hybridized carbons (Fsp3) is 0.312. The monoisotopic (exact) mass is 722 g/mol. The molecule has 2 fully saturated rings. The van der Waals surface area contributed by atoms with Crippen LogP contribution >= 0.6 is 34.4 Å². The number of aliphatic hydroxyl groups is 1. The van der Waals surface area contributed by atoms with Gasteiger partial charge in [0.25, 0.3) is 5.91 Å². The molecule has 2 aliphatic rings. The number of ether oxygens (including phenoxy) is 1. The number of amides is 1. The minimum atomic E-state index is -0.904. The van der Waals surface area contributed by atoms with Crippen molar-refractivity contribution in [1.82, 2.24) is 19.0 Å². The predicted molar refractivity (Wildman–Crippen MR) is 179 cm³/mol. The van der Waals surface area contributed by atoms with E-state index in [0.717, 1.165) is 12.2 Å². The molecule has 12 heteroatoms. The van der Waals surface area contributed by atoms with Gasteiger partial charge < -0.3 is 20.5 Å². The zero-order valence-electron chi connectivity index (χ0n) is 23.8. The van der Waals surface area contributed by atoms with Gasteiger partial charge in [-0.05, 0) is 96.0 Å². The molecule has 4 heterocycles. The predicted octanol–water partition coefficient (Wildman–Crippen LogP) is 5.40. The zero-order valence-corrected chi connectivity index (χ0v) is 26.8. The molecule has 2 saturated heterocycles. The first-order chi connectivity index (χ1) is 21.2. The van der Waals surface area contributed by atoms with Crippen molar-refractivity contribution in [2.24, 2.45) is 5.92 Å². The molecule has 2 aromatic carbocycles. The Morgan fingerprint density at radius 2 is 1.91 bits per heavy atom. The van der Waals surface area contributed by atoms with Crippen molar-refractivity contribution in [3.8, 4) is 23.3 Å². The van der Waals surface area contributed by atoms with Crippen molar-refractivity contribution in [1.29, 1.82) is 5.26 Å². The van der Waals surface area contributed by atoms with Gasteiger partial charge in [0.2, 0.25) is 0 Å². The van der Waals surface area contributed by atoms with Crippen molar-refractivity contribution < 1.29 is 14.6 Å². The number of likely N-dealkylation sites (tertiary alicyclic amines) is 1. The number of aromatic nitrogens is 3. The van der Waals surface area contributed by atoms with Crippen molar-refractivity contribution in [2.75, 3.05) is 24.6 Å². The number of thioether (sulfide) groups is 1. The maximum absolute atomic E-state index is 14.1. The third kappa shape index (κ3) is 6.22. The van der Waals surface area contributed by atoms with E-state index in [-0.39, 0.29) is 41.5 Å². The molecule has 0 saturated carbocycles. The molecular formula is C32H31IN6O4S. The number of para-hydroxylation sites is 1. The van der Waals surface area contributed by atoms with E-state index in [0.29, 0.717) is 54.0 Å². The van der Waals surface area contributed by atoms with Crippen LogP contribution in [0.25, 0.3) is 16.7 Å². The lowest BCUT2D eigenvalue weighted by atomic mass is 9.97. The van der Waals surface area contributed by atoms with Crippen LogP contribution in [0.15, 0.2) is 83.3 Å². The van der Waals surface area contributed by atoms with Crippen LogP contribution in [-0.4, -0.2) is 51.8 Å². The van der Waals surface area contributed by atoms with Gasteiger partial charge in [-0.1, -0.05) is 24.3 Å². The molecule has 0 radical (unpaired) electrons. The number of benzene rings is 2. The first-order valence-corrected chi connectivity index (χ1v) is 16.5. The Morgan fingerprint density at radius 3 is 2.64 bits per heavy atom. The smallest absolute Gasteiger partial charge is 0.334 e. The molecule has 44 heavy (non-hydrogen) atoms. The zero-order chi connectivity index (χ0) is 30.8. The second-order valence-electron chi connectivity index (χ2n) is 11.0. The van der Waals surface area contributed by atoms with Gasteiger partial charge in [-0.25, -0.2) is 9.78 Å². The lowest BCUT2D eigenvalue weighted by Gasteiger charge is -2.34. The Kier molecular flexibility index (Phi) is 8.70. The van der Waals surface area contributed by atoms with Gasteiger partial charge >= 0.3 is 5.69 Å². The fourth-order valence-electron chi connectivity index (χ4n) is 5.98. The summed E-state index contributed by atoms with van der Waals surface area (Å²) >= 11 is 3.49. The number of hydrogen-bond acceptors (Lipinski definition) is 8. The molecule has 4 aromatic rings. The van der Waals surface area contributed by atoms with Gasteiger partial charge in [0, 0.05) is 25.7 Å². The summed E-state index contributed by atoms with van der Waals surface area (Å²) < 4.78 is 8.27. The van der Waals surface area contributed by atoms with Crippen molar-refractivity contribution in [3.63, 3.8) is 0 Å². The number of anilines is 1. The van der Waals surface area contributed by atoms with Crippen LogP contribution in [-0.2, 0) is 4.79 Å². The molecule has 0 bridgehead atoms. The Bertz CT molecular complexity index is 1810. The summed E-state index contributed by atoms with van der Waals surface area (Å²) in [6.45, 7) is 0.769. The lowest BCUT2D eigenvalue weighted by Crippen LogP contribution is -2.43. The molecule has 2 aromatic heterocycles. The van der Waals surface area contributed by atoms with Gasteiger partial charge in [0.15, 0.2) is 2.94 Å². The summed E-state index contributed by atoms with van der Waals surface area (Å²) in [7, 11) is 0. The average Bonchev–Trinajstić information content (AvgIpc) is 3.33. The second-order valence-corrected chi connectivity index (χ2v) is 14.9. The topological polar surface area (TPSA) is 139 Å². The largest absolute Gasteiger partial charge is 0.457 e. The van der Waals surface area contributed by atoms with Crippen LogP contribution in [0, 0.1) is 17.2 Å². The highest BCUT2D eigenvalue weighted by atomic mass is 127. The number of carbonyl (C=O) groups is 1. The Hall–Kier alpha value is -3.80. The van der Waals surface area contributed by atoms with Crippen molar-refractivity contribution >= 4 is 57.1 Å².